The van der Waals surface area contributed by atoms with Crippen molar-refractivity contribution in [3.63, 3.8) is 0 Å². The van der Waals surface area contributed by atoms with Crippen LogP contribution in [-0.4, -0.2) is 70.1 Å². The quantitative estimate of drug-likeness (QED) is 0.519. The Kier molecular flexibility index (Phi) is 8.18. The van der Waals surface area contributed by atoms with Gasteiger partial charge in [0.25, 0.3) is 0 Å². The van der Waals surface area contributed by atoms with Gasteiger partial charge < -0.3 is 10.6 Å². The molecule has 0 radical (unpaired) electrons. The monoisotopic (exact) mass is 386 g/mol. The number of thiophene rings is 1. The van der Waals surface area contributed by atoms with Crippen LogP contribution in [-0.2, 0) is 16.3 Å². The predicted molar refractivity (Wildman–Crippen MR) is 106 cm³/mol. The third kappa shape index (κ3) is 7.75. The highest BCUT2D eigenvalue weighted by Gasteiger charge is 2.20. The summed E-state index contributed by atoms with van der Waals surface area (Å²) in [5.41, 5.74) is 0. The second-order valence-electron chi connectivity index (χ2n) is 6.53. The molecule has 2 rings (SSSR count). The highest BCUT2D eigenvalue weighted by molar-refractivity contribution is 7.91. The van der Waals surface area contributed by atoms with Crippen LogP contribution in [0.3, 0.4) is 0 Å². The summed E-state index contributed by atoms with van der Waals surface area (Å²) in [6, 6.07) is 4.26. The Labute approximate surface area is 155 Å². The van der Waals surface area contributed by atoms with E-state index in [9.17, 15) is 8.42 Å². The molecule has 2 N–H and O–H groups in total. The fourth-order valence-electron chi connectivity index (χ4n) is 2.73. The Morgan fingerprint density at radius 1 is 1.36 bits per heavy atom. The molecular formula is C17H30N4O2S2. The predicted octanol–water partition coefficient (Wildman–Crippen LogP) is 1.21. The largest absolute Gasteiger partial charge is 0.357 e. The van der Waals surface area contributed by atoms with Crippen LogP contribution in [0.1, 0.15) is 18.7 Å². The molecule has 1 aliphatic heterocycles. The molecular weight excluding hydrogens is 356 g/mol. The summed E-state index contributed by atoms with van der Waals surface area (Å²) >= 11 is 1.80. The second-order valence-corrected chi connectivity index (χ2v) is 9.86. The zero-order valence-corrected chi connectivity index (χ0v) is 16.8. The van der Waals surface area contributed by atoms with Gasteiger partial charge in [-0.2, -0.15) is 0 Å². The Balaban J connectivity index is 1.72. The zero-order valence-electron chi connectivity index (χ0n) is 15.2. The van der Waals surface area contributed by atoms with Crippen LogP contribution >= 0.6 is 11.3 Å². The van der Waals surface area contributed by atoms with Gasteiger partial charge >= 0.3 is 0 Å². The van der Waals surface area contributed by atoms with E-state index in [-0.39, 0.29) is 11.5 Å². The van der Waals surface area contributed by atoms with E-state index in [1.807, 2.05) is 0 Å². The number of nitrogens with zero attached hydrogens (tertiary/aromatic N) is 2. The van der Waals surface area contributed by atoms with E-state index in [1.54, 1.807) is 11.3 Å². The van der Waals surface area contributed by atoms with Crippen LogP contribution in [0, 0.1) is 5.92 Å². The minimum atomic E-state index is -2.80. The van der Waals surface area contributed by atoms with Crippen molar-refractivity contribution in [2.75, 3.05) is 50.8 Å². The lowest BCUT2D eigenvalue weighted by atomic mass is 10.1. The van der Waals surface area contributed by atoms with E-state index >= 15 is 0 Å². The number of rotatable bonds is 8. The molecule has 1 aliphatic rings. The second kappa shape index (κ2) is 10.1. The molecule has 0 aliphatic carbocycles. The van der Waals surface area contributed by atoms with Crippen LogP contribution in [0.15, 0.2) is 22.5 Å². The van der Waals surface area contributed by atoms with Gasteiger partial charge in [0.1, 0.15) is 0 Å². The van der Waals surface area contributed by atoms with Crippen molar-refractivity contribution in [3.05, 3.63) is 22.4 Å². The van der Waals surface area contributed by atoms with E-state index in [0.29, 0.717) is 19.0 Å². The minimum Gasteiger partial charge on any atom is -0.357 e. The lowest BCUT2D eigenvalue weighted by Gasteiger charge is -2.26. The first kappa shape index (κ1) is 20.2. The number of sulfone groups is 1. The summed E-state index contributed by atoms with van der Waals surface area (Å²) < 4.78 is 22.9. The first-order valence-corrected chi connectivity index (χ1v) is 11.7. The van der Waals surface area contributed by atoms with Gasteiger partial charge in [-0.3, -0.25) is 9.89 Å². The average molecular weight is 387 g/mol. The summed E-state index contributed by atoms with van der Waals surface area (Å²) in [5, 5.41) is 8.74. The Morgan fingerprint density at radius 2 is 2.12 bits per heavy atom. The molecule has 2 heterocycles. The lowest BCUT2D eigenvalue weighted by molar-refractivity contribution is 0.299. The smallest absolute Gasteiger partial charge is 0.191 e. The number of nitrogens with one attached hydrogen (secondary N) is 2. The molecule has 1 aromatic rings. The molecule has 142 valence electrons. The van der Waals surface area contributed by atoms with Crippen LogP contribution in [0.5, 0.6) is 0 Å². The molecule has 1 atom stereocenters. The number of aliphatic imine (C=N–C) groups is 1. The maximum atomic E-state index is 11.5. The summed E-state index contributed by atoms with van der Waals surface area (Å²) in [6.45, 7) is 8.77. The average Bonchev–Trinajstić information content (AvgIpc) is 3.07. The molecule has 6 nitrogen and oxygen atoms in total. The van der Waals surface area contributed by atoms with Gasteiger partial charge in [-0.15, -0.1) is 11.3 Å². The minimum absolute atomic E-state index is 0.279. The molecule has 0 bridgehead atoms. The maximum absolute atomic E-state index is 11.5. The Bertz CT molecular complexity index is 615. The molecule has 1 fully saturated rings. The van der Waals surface area contributed by atoms with E-state index < -0.39 is 9.84 Å². The van der Waals surface area contributed by atoms with Crippen molar-refractivity contribution in [1.82, 2.24) is 15.5 Å². The van der Waals surface area contributed by atoms with Crippen LogP contribution < -0.4 is 10.6 Å². The molecule has 0 amide bonds. The molecule has 25 heavy (non-hydrogen) atoms. The van der Waals surface area contributed by atoms with Gasteiger partial charge in [0.2, 0.25) is 0 Å². The normalized spacial score (nSPS) is 19.5. The molecule has 1 unspecified atom stereocenters. The van der Waals surface area contributed by atoms with Crippen molar-refractivity contribution in [2.24, 2.45) is 10.9 Å². The third-order valence-corrected chi connectivity index (χ3v) is 6.70. The van der Waals surface area contributed by atoms with Gasteiger partial charge in [-0.25, -0.2) is 8.42 Å². The molecule has 1 aromatic heterocycles. The van der Waals surface area contributed by atoms with E-state index in [1.165, 1.54) is 4.88 Å². The van der Waals surface area contributed by atoms with Crippen LogP contribution in [0.25, 0.3) is 0 Å². The number of hydrogen-bond acceptors (Lipinski definition) is 5. The lowest BCUT2D eigenvalue weighted by Crippen LogP contribution is -2.46. The summed E-state index contributed by atoms with van der Waals surface area (Å²) in [5.74, 6) is 1.90. The van der Waals surface area contributed by atoms with E-state index in [4.69, 9.17) is 0 Å². The zero-order chi connectivity index (χ0) is 18.1. The van der Waals surface area contributed by atoms with Gasteiger partial charge in [0.05, 0.1) is 11.5 Å². The third-order valence-electron chi connectivity index (χ3n) is 4.19. The van der Waals surface area contributed by atoms with Crippen LogP contribution in [0.4, 0.5) is 0 Å². The van der Waals surface area contributed by atoms with Crippen molar-refractivity contribution in [2.45, 2.75) is 20.3 Å². The fraction of sp³-hybridized carbons (Fsp3) is 0.706. The van der Waals surface area contributed by atoms with Crippen molar-refractivity contribution >= 4 is 27.1 Å². The molecule has 0 saturated carbocycles. The highest BCUT2D eigenvalue weighted by atomic mass is 32.2. The Hall–Kier alpha value is -1.12. The van der Waals surface area contributed by atoms with Crippen LogP contribution in [0.2, 0.25) is 0 Å². The molecule has 0 aromatic carbocycles. The maximum Gasteiger partial charge on any atom is 0.191 e. The first-order valence-electron chi connectivity index (χ1n) is 8.96. The standard InChI is InChI=1S/C17H30N4O2S2/c1-3-18-17(20-14-15(2)13-16-5-4-10-24-16)19-6-7-21-8-11-25(22,23)12-9-21/h4-5,10,15H,3,6-9,11-14H2,1-2H3,(H2,18,19,20). The fourth-order valence-corrected chi connectivity index (χ4v) is 4.88. The molecule has 0 spiro atoms. The topological polar surface area (TPSA) is 73.8 Å². The summed E-state index contributed by atoms with van der Waals surface area (Å²) in [7, 11) is -2.80. The van der Waals surface area contributed by atoms with E-state index in [2.05, 4.69) is 51.9 Å². The van der Waals surface area contributed by atoms with Crippen molar-refractivity contribution < 1.29 is 8.42 Å². The van der Waals surface area contributed by atoms with Gasteiger partial charge in [-0.05, 0) is 30.7 Å². The Morgan fingerprint density at radius 3 is 2.76 bits per heavy atom. The number of hydrogen-bond donors (Lipinski definition) is 2. The van der Waals surface area contributed by atoms with Crippen molar-refractivity contribution in [3.8, 4) is 0 Å². The highest BCUT2D eigenvalue weighted by Crippen LogP contribution is 2.14. The van der Waals surface area contributed by atoms with E-state index in [0.717, 1.165) is 38.6 Å². The van der Waals surface area contributed by atoms with Gasteiger partial charge in [0.15, 0.2) is 15.8 Å². The molecule has 8 heteroatoms. The SMILES string of the molecule is CCNC(=NCC(C)Cc1cccs1)NCCN1CCS(=O)(=O)CC1. The van der Waals surface area contributed by atoms with Gasteiger partial charge in [-0.1, -0.05) is 13.0 Å². The summed E-state index contributed by atoms with van der Waals surface area (Å²) in [4.78, 5) is 8.28. The summed E-state index contributed by atoms with van der Waals surface area (Å²) in [6.07, 6.45) is 1.06. The molecule has 1 saturated heterocycles. The van der Waals surface area contributed by atoms with Gasteiger partial charge in [0, 0.05) is 44.1 Å². The first-order chi connectivity index (χ1) is 12.0. The van der Waals surface area contributed by atoms with Crippen molar-refractivity contribution in [1.29, 1.82) is 0 Å². The number of guanidine groups is 1.